The van der Waals surface area contributed by atoms with Crippen molar-refractivity contribution in [2.75, 3.05) is 32.1 Å². The highest BCUT2D eigenvalue weighted by atomic mass is 32.1. The molecule has 3 rings (SSSR count). The summed E-state index contributed by atoms with van der Waals surface area (Å²) in [6.45, 7) is 4.27. The zero-order chi connectivity index (χ0) is 17.5. The van der Waals surface area contributed by atoms with Crippen LogP contribution < -0.4 is 20.1 Å². The summed E-state index contributed by atoms with van der Waals surface area (Å²) in [6, 6.07) is 5.84. The highest BCUT2D eigenvalue weighted by molar-refractivity contribution is 7.09. The Morgan fingerprint density at radius 2 is 2.12 bits per heavy atom. The number of rotatable bonds is 5. The molecule has 2 heterocycles. The molecule has 0 bridgehead atoms. The molecule has 0 aliphatic carbocycles. The van der Waals surface area contributed by atoms with Gasteiger partial charge < -0.3 is 20.1 Å². The van der Waals surface area contributed by atoms with Gasteiger partial charge in [0, 0.05) is 43.6 Å². The molecule has 6 nitrogen and oxygen atoms in total. The maximum Gasteiger partial charge on any atom is 0.195 e. The van der Waals surface area contributed by atoms with Gasteiger partial charge in [-0.25, -0.2) is 4.98 Å². The molecule has 2 aromatic rings. The van der Waals surface area contributed by atoms with Gasteiger partial charge in [-0.05, 0) is 18.6 Å². The van der Waals surface area contributed by atoms with Crippen LogP contribution in [-0.4, -0.2) is 37.7 Å². The Labute approximate surface area is 152 Å². The molecule has 0 unspecified atom stereocenters. The summed E-state index contributed by atoms with van der Waals surface area (Å²) in [7, 11) is 1.76. The highest BCUT2D eigenvalue weighted by Crippen LogP contribution is 2.32. The standard InChI is InChI=1S/C18H24N4O2S/c1-3-17-21-14(12-25-17)7-8-20-18(19-2)22-13-5-6-15-16(11-13)24-10-4-9-23-15/h5-6,11-12H,3-4,7-10H2,1-2H3,(H2,19,20,22). The third-order valence-corrected chi connectivity index (χ3v) is 4.85. The summed E-state index contributed by atoms with van der Waals surface area (Å²) in [5, 5.41) is 9.92. The zero-order valence-corrected chi connectivity index (χ0v) is 15.5. The van der Waals surface area contributed by atoms with Crippen molar-refractivity contribution >= 4 is 23.0 Å². The highest BCUT2D eigenvalue weighted by Gasteiger charge is 2.11. The number of fused-ring (bicyclic) bond motifs is 1. The second-order valence-corrected chi connectivity index (χ2v) is 6.61. The molecule has 0 amide bonds. The van der Waals surface area contributed by atoms with E-state index >= 15 is 0 Å². The fourth-order valence-corrected chi connectivity index (χ4v) is 3.27. The van der Waals surface area contributed by atoms with Crippen molar-refractivity contribution in [1.82, 2.24) is 10.3 Å². The molecule has 2 N–H and O–H groups in total. The van der Waals surface area contributed by atoms with Crippen LogP contribution in [0.2, 0.25) is 0 Å². The van der Waals surface area contributed by atoms with Crippen LogP contribution in [0.25, 0.3) is 0 Å². The van der Waals surface area contributed by atoms with Gasteiger partial charge >= 0.3 is 0 Å². The van der Waals surface area contributed by atoms with Crippen molar-refractivity contribution in [3.8, 4) is 11.5 Å². The van der Waals surface area contributed by atoms with Crippen LogP contribution >= 0.6 is 11.3 Å². The largest absolute Gasteiger partial charge is 0.490 e. The molecule has 0 saturated heterocycles. The van der Waals surface area contributed by atoms with Crippen LogP contribution in [0.1, 0.15) is 24.0 Å². The first-order valence-corrected chi connectivity index (χ1v) is 9.47. The van der Waals surface area contributed by atoms with Crippen LogP contribution in [0.3, 0.4) is 0 Å². The van der Waals surface area contributed by atoms with Crippen molar-refractivity contribution in [2.45, 2.75) is 26.2 Å². The topological polar surface area (TPSA) is 67.8 Å². The minimum absolute atomic E-state index is 0.677. The molecule has 0 atom stereocenters. The first kappa shape index (κ1) is 17.5. The van der Waals surface area contributed by atoms with Crippen LogP contribution in [0.15, 0.2) is 28.6 Å². The number of aryl methyl sites for hydroxylation is 1. The third-order valence-electron chi connectivity index (χ3n) is 3.81. The number of hydrogen-bond donors (Lipinski definition) is 2. The van der Waals surface area contributed by atoms with Crippen molar-refractivity contribution in [1.29, 1.82) is 0 Å². The maximum absolute atomic E-state index is 5.72. The number of anilines is 1. The van der Waals surface area contributed by atoms with Gasteiger partial charge in [-0.2, -0.15) is 0 Å². The number of nitrogens with zero attached hydrogens (tertiary/aromatic N) is 2. The fraction of sp³-hybridized carbons (Fsp3) is 0.444. The molecule has 0 spiro atoms. The zero-order valence-electron chi connectivity index (χ0n) is 14.7. The molecule has 0 saturated carbocycles. The van der Waals surface area contributed by atoms with Crippen LogP contribution in [0.4, 0.5) is 5.69 Å². The Morgan fingerprint density at radius 3 is 2.88 bits per heavy atom. The number of aliphatic imine (C=N–C) groups is 1. The summed E-state index contributed by atoms with van der Waals surface area (Å²) in [5.41, 5.74) is 2.04. The Kier molecular flexibility index (Phi) is 6.11. The summed E-state index contributed by atoms with van der Waals surface area (Å²) in [4.78, 5) is 8.85. The monoisotopic (exact) mass is 360 g/mol. The predicted octanol–water partition coefficient (Wildman–Crippen LogP) is 3.10. The summed E-state index contributed by atoms with van der Waals surface area (Å²) in [6.07, 6.45) is 2.76. The van der Waals surface area contributed by atoms with E-state index in [0.29, 0.717) is 13.2 Å². The van der Waals surface area contributed by atoms with E-state index in [9.17, 15) is 0 Å². The number of aromatic nitrogens is 1. The molecule has 1 aliphatic heterocycles. The van der Waals surface area contributed by atoms with Crippen molar-refractivity contribution in [2.24, 2.45) is 4.99 Å². The van der Waals surface area contributed by atoms with Crippen molar-refractivity contribution in [3.05, 3.63) is 34.3 Å². The molecule has 1 aliphatic rings. The van der Waals surface area contributed by atoms with E-state index in [0.717, 1.165) is 54.6 Å². The van der Waals surface area contributed by atoms with Crippen LogP contribution in [0, 0.1) is 0 Å². The second-order valence-electron chi connectivity index (χ2n) is 5.67. The molecule has 0 radical (unpaired) electrons. The van der Waals surface area contributed by atoms with E-state index < -0.39 is 0 Å². The lowest BCUT2D eigenvalue weighted by Crippen LogP contribution is -2.32. The van der Waals surface area contributed by atoms with Crippen LogP contribution in [0.5, 0.6) is 11.5 Å². The molecule has 25 heavy (non-hydrogen) atoms. The number of hydrogen-bond acceptors (Lipinski definition) is 5. The van der Waals surface area contributed by atoms with Crippen LogP contribution in [-0.2, 0) is 12.8 Å². The summed E-state index contributed by atoms with van der Waals surface area (Å²) in [5.74, 6) is 2.29. The van der Waals surface area contributed by atoms with Gasteiger partial charge in [0.1, 0.15) is 0 Å². The molecule has 134 valence electrons. The lowest BCUT2D eigenvalue weighted by atomic mass is 10.2. The van der Waals surface area contributed by atoms with Crippen molar-refractivity contribution < 1.29 is 9.47 Å². The van der Waals surface area contributed by atoms with E-state index in [1.54, 1.807) is 18.4 Å². The Hall–Kier alpha value is -2.28. The Morgan fingerprint density at radius 1 is 1.28 bits per heavy atom. The average Bonchev–Trinajstić information content (AvgIpc) is 2.97. The van der Waals surface area contributed by atoms with Gasteiger partial charge in [0.2, 0.25) is 0 Å². The Balaban J connectivity index is 1.54. The first-order valence-electron chi connectivity index (χ1n) is 8.59. The molecule has 0 fully saturated rings. The fourth-order valence-electron chi connectivity index (χ4n) is 2.49. The van der Waals surface area contributed by atoms with E-state index in [2.05, 4.69) is 32.9 Å². The number of guanidine groups is 1. The Bertz CT molecular complexity index is 730. The van der Waals surface area contributed by atoms with Gasteiger partial charge in [0.15, 0.2) is 17.5 Å². The van der Waals surface area contributed by atoms with Gasteiger partial charge in [-0.15, -0.1) is 11.3 Å². The van der Waals surface area contributed by atoms with Crippen molar-refractivity contribution in [3.63, 3.8) is 0 Å². The molecule has 1 aromatic carbocycles. The predicted molar refractivity (Wildman–Crippen MR) is 102 cm³/mol. The first-order chi connectivity index (χ1) is 12.3. The molecule has 1 aromatic heterocycles. The molecular formula is C18H24N4O2S. The smallest absolute Gasteiger partial charge is 0.195 e. The average molecular weight is 360 g/mol. The van der Waals surface area contributed by atoms with Gasteiger partial charge in [-0.3, -0.25) is 4.99 Å². The van der Waals surface area contributed by atoms with E-state index in [4.69, 9.17) is 9.47 Å². The van der Waals surface area contributed by atoms with E-state index in [1.807, 2.05) is 18.2 Å². The SMILES string of the molecule is CCc1nc(CCNC(=NC)Nc2ccc3c(c2)OCCCO3)cs1. The summed E-state index contributed by atoms with van der Waals surface area (Å²) >= 11 is 1.72. The molecular weight excluding hydrogens is 336 g/mol. The second kappa shape index (κ2) is 8.71. The normalized spacial score (nSPS) is 14.1. The lowest BCUT2D eigenvalue weighted by molar-refractivity contribution is 0.297. The quantitative estimate of drug-likeness (QED) is 0.633. The van der Waals surface area contributed by atoms with E-state index in [-0.39, 0.29) is 0 Å². The minimum Gasteiger partial charge on any atom is -0.490 e. The van der Waals surface area contributed by atoms with Gasteiger partial charge in [-0.1, -0.05) is 6.92 Å². The van der Waals surface area contributed by atoms with Gasteiger partial charge in [0.05, 0.1) is 23.9 Å². The number of thiazole rings is 1. The minimum atomic E-state index is 0.677. The molecule has 7 heteroatoms. The number of nitrogens with one attached hydrogen (secondary N) is 2. The maximum atomic E-state index is 5.72. The summed E-state index contributed by atoms with van der Waals surface area (Å²) < 4.78 is 11.4. The lowest BCUT2D eigenvalue weighted by Gasteiger charge is -2.13. The van der Waals surface area contributed by atoms with E-state index in [1.165, 1.54) is 5.01 Å². The number of benzene rings is 1. The van der Waals surface area contributed by atoms with Gasteiger partial charge in [0.25, 0.3) is 0 Å². The number of ether oxygens (including phenoxy) is 2. The third kappa shape index (κ3) is 4.85.